The molecular weight excluding hydrogens is 482 g/mol. The monoisotopic (exact) mass is 510 g/mol. The molecule has 174 valence electrons. The second-order valence-corrected chi connectivity index (χ2v) is 8.97. The fourth-order valence-electron chi connectivity index (χ4n) is 3.65. The molecule has 1 atom stereocenters. The Hall–Kier alpha value is -2.16. The summed E-state index contributed by atoms with van der Waals surface area (Å²) in [7, 11) is 0. The van der Waals surface area contributed by atoms with Crippen molar-refractivity contribution >= 4 is 27.6 Å². The number of aryl methyl sites for hydroxylation is 1. The third-order valence-corrected chi connectivity index (χ3v) is 5.80. The van der Waals surface area contributed by atoms with Crippen LogP contribution in [0.5, 0.6) is 0 Å². The average molecular weight is 511 g/mol. The topological polar surface area (TPSA) is 78.4 Å². The summed E-state index contributed by atoms with van der Waals surface area (Å²) in [6.07, 6.45) is 1.85. The van der Waals surface area contributed by atoms with E-state index in [0.29, 0.717) is 24.9 Å². The van der Waals surface area contributed by atoms with E-state index in [2.05, 4.69) is 32.6 Å². The van der Waals surface area contributed by atoms with Crippen LogP contribution in [0.25, 0.3) is 0 Å². The largest absolute Gasteiger partial charge is 0.390 e. The normalized spacial score (nSPS) is 16.0. The van der Waals surface area contributed by atoms with Crippen molar-refractivity contribution in [2.24, 2.45) is 0 Å². The summed E-state index contributed by atoms with van der Waals surface area (Å²) in [4.78, 5) is 22.6. The van der Waals surface area contributed by atoms with E-state index < -0.39 is 17.7 Å². The van der Waals surface area contributed by atoms with Crippen LogP contribution >= 0.6 is 15.9 Å². The summed E-state index contributed by atoms with van der Waals surface area (Å²) >= 11 is 3.49. The van der Waals surface area contributed by atoms with Gasteiger partial charge in [0.25, 0.3) is 0 Å². The number of ketones is 1. The molecule has 2 aromatic rings. The minimum Gasteiger partial charge on any atom is -0.390 e. The summed E-state index contributed by atoms with van der Waals surface area (Å²) in [6, 6.07) is 11.5. The standard InChI is InChI=1S/C17H23BrN2O3.C7H6F2/c1-12(21)19-10-16(23)11-20-17(7-5-15(22)6-8-17)13-3-2-4-14(18)9-13;1-5-2-6(8)4-7(9)3-5/h2-4,9,16,20,23H,5-8,10-11H2,1H3,(H,19,21);2-4H,1H3. The van der Waals surface area contributed by atoms with Gasteiger partial charge in [-0.05, 0) is 55.2 Å². The molecule has 1 aliphatic carbocycles. The van der Waals surface area contributed by atoms with Crippen molar-refractivity contribution < 1.29 is 23.5 Å². The number of nitrogens with one attached hydrogen (secondary N) is 2. The summed E-state index contributed by atoms with van der Waals surface area (Å²) in [5.74, 6) is -0.912. The zero-order valence-electron chi connectivity index (χ0n) is 18.3. The van der Waals surface area contributed by atoms with Crippen LogP contribution in [0.15, 0.2) is 46.9 Å². The number of benzene rings is 2. The Labute approximate surface area is 195 Å². The molecule has 0 aliphatic heterocycles. The lowest BCUT2D eigenvalue weighted by Gasteiger charge is -2.39. The van der Waals surface area contributed by atoms with E-state index in [-0.39, 0.29) is 23.8 Å². The Morgan fingerprint density at radius 3 is 2.28 bits per heavy atom. The number of carbonyl (C=O) groups excluding carboxylic acids is 2. The fourth-order valence-corrected chi connectivity index (χ4v) is 4.05. The van der Waals surface area contributed by atoms with E-state index in [1.807, 2.05) is 18.2 Å². The molecule has 0 heterocycles. The van der Waals surface area contributed by atoms with Gasteiger partial charge in [0.05, 0.1) is 6.10 Å². The molecule has 1 saturated carbocycles. The van der Waals surface area contributed by atoms with Crippen molar-refractivity contribution in [2.75, 3.05) is 13.1 Å². The van der Waals surface area contributed by atoms with Crippen LogP contribution in [-0.4, -0.2) is 36.0 Å². The lowest BCUT2D eigenvalue weighted by atomic mass is 9.76. The number of carbonyl (C=O) groups is 2. The molecule has 5 nitrogen and oxygen atoms in total. The van der Waals surface area contributed by atoms with Gasteiger partial charge in [0.2, 0.25) is 5.91 Å². The Kier molecular flexibility index (Phi) is 9.93. The van der Waals surface area contributed by atoms with Crippen molar-refractivity contribution in [3.8, 4) is 0 Å². The lowest BCUT2D eigenvalue weighted by Crippen LogP contribution is -2.49. The smallest absolute Gasteiger partial charge is 0.216 e. The number of aliphatic hydroxyl groups excluding tert-OH is 1. The molecule has 0 radical (unpaired) electrons. The van der Waals surface area contributed by atoms with Crippen LogP contribution in [-0.2, 0) is 15.1 Å². The molecule has 1 unspecified atom stereocenters. The molecule has 0 aromatic heterocycles. The molecule has 2 aromatic carbocycles. The highest BCUT2D eigenvalue weighted by Gasteiger charge is 2.36. The molecule has 1 amide bonds. The first-order chi connectivity index (χ1) is 15.1. The van der Waals surface area contributed by atoms with E-state index in [4.69, 9.17) is 0 Å². The second-order valence-electron chi connectivity index (χ2n) is 8.05. The predicted molar refractivity (Wildman–Crippen MR) is 123 cm³/mol. The molecule has 1 aliphatic rings. The highest BCUT2D eigenvalue weighted by Crippen LogP contribution is 2.36. The summed E-state index contributed by atoms with van der Waals surface area (Å²) in [5, 5.41) is 16.1. The van der Waals surface area contributed by atoms with Gasteiger partial charge in [-0.2, -0.15) is 0 Å². The van der Waals surface area contributed by atoms with Crippen molar-refractivity contribution in [1.82, 2.24) is 10.6 Å². The maximum atomic E-state index is 12.2. The van der Waals surface area contributed by atoms with Crippen LogP contribution in [0, 0.1) is 18.6 Å². The number of halogens is 3. The van der Waals surface area contributed by atoms with Crippen molar-refractivity contribution in [3.05, 3.63) is 69.7 Å². The first kappa shape index (κ1) is 26.1. The van der Waals surface area contributed by atoms with Gasteiger partial charge in [-0.25, -0.2) is 8.78 Å². The number of hydrogen-bond donors (Lipinski definition) is 3. The minimum atomic E-state index is -0.666. The molecule has 0 spiro atoms. The van der Waals surface area contributed by atoms with Gasteiger partial charge in [-0.1, -0.05) is 28.1 Å². The number of rotatable bonds is 6. The number of amides is 1. The summed E-state index contributed by atoms with van der Waals surface area (Å²) in [6.45, 7) is 3.65. The first-order valence-electron chi connectivity index (χ1n) is 10.5. The van der Waals surface area contributed by atoms with Crippen LogP contribution in [0.1, 0.15) is 43.7 Å². The molecule has 3 N–H and O–H groups in total. The average Bonchev–Trinajstić information content (AvgIpc) is 2.71. The summed E-state index contributed by atoms with van der Waals surface area (Å²) in [5.41, 5.74) is 1.41. The first-order valence-corrected chi connectivity index (χ1v) is 11.3. The van der Waals surface area contributed by atoms with Gasteiger partial charge in [0.15, 0.2) is 0 Å². The van der Waals surface area contributed by atoms with Gasteiger partial charge < -0.3 is 15.7 Å². The number of Topliss-reactive ketones (excluding diaryl/α,β-unsaturated/α-hetero) is 1. The van der Waals surface area contributed by atoms with E-state index in [1.54, 1.807) is 6.92 Å². The van der Waals surface area contributed by atoms with Gasteiger partial charge >= 0.3 is 0 Å². The lowest BCUT2D eigenvalue weighted by molar-refractivity contribution is -0.122. The van der Waals surface area contributed by atoms with Crippen molar-refractivity contribution in [2.45, 2.75) is 51.2 Å². The zero-order valence-corrected chi connectivity index (χ0v) is 19.8. The number of hydrogen-bond acceptors (Lipinski definition) is 4. The SMILES string of the molecule is CC(=O)NCC(O)CNC1(c2cccc(Br)c2)CCC(=O)CC1.Cc1cc(F)cc(F)c1. The van der Waals surface area contributed by atoms with Crippen LogP contribution < -0.4 is 10.6 Å². The third-order valence-electron chi connectivity index (χ3n) is 5.31. The van der Waals surface area contributed by atoms with Crippen molar-refractivity contribution in [1.29, 1.82) is 0 Å². The summed E-state index contributed by atoms with van der Waals surface area (Å²) < 4.78 is 25.4. The highest BCUT2D eigenvalue weighted by molar-refractivity contribution is 9.10. The van der Waals surface area contributed by atoms with Gasteiger partial charge in [0.1, 0.15) is 17.4 Å². The molecule has 1 fully saturated rings. The fraction of sp³-hybridized carbons (Fsp3) is 0.417. The third kappa shape index (κ3) is 8.41. The quantitative estimate of drug-likeness (QED) is 0.545. The van der Waals surface area contributed by atoms with Crippen LogP contribution in [0.3, 0.4) is 0 Å². The Morgan fingerprint density at radius 2 is 1.75 bits per heavy atom. The molecule has 3 rings (SSSR count). The van der Waals surface area contributed by atoms with Crippen LogP contribution in [0.4, 0.5) is 8.78 Å². The Morgan fingerprint density at radius 1 is 1.12 bits per heavy atom. The minimum absolute atomic E-state index is 0.158. The van der Waals surface area contributed by atoms with Crippen LogP contribution in [0.2, 0.25) is 0 Å². The highest BCUT2D eigenvalue weighted by atomic mass is 79.9. The molecule has 0 saturated heterocycles. The van der Waals surface area contributed by atoms with E-state index in [0.717, 1.165) is 28.9 Å². The Balaban J connectivity index is 0.000000336. The maximum Gasteiger partial charge on any atom is 0.216 e. The van der Waals surface area contributed by atoms with E-state index >= 15 is 0 Å². The van der Waals surface area contributed by atoms with Gasteiger partial charge in [-0.15, -0.1) is 0 Å². The van der Waals surface area contributed by atoms with Crippen molar-refractivity contribution in [3.63, 3.8) is 0 Å². The Bertz CT molecular complexity index is 879. The molecule has 8 heteroatoms. The maximum absolute atomic E-state index is 12.2. The molecule has 0 bridgehead atoms. The second kappa shape index (κ2) is 12.2. The molecule has 32 heavy (non-hydrogen) atoms. The predicted octanol–water partition coefficient (Wildman–Crippen LogP) is 4.15. The van der Waals surface area contributed by atoms with Gasteiger partial charge in [-0.3, -0.25) is 9.59 Å². The number of aliphatic hydroxyl groups is 1. The molecular formula is C24H29BrF2N2O3. The van der Waals surface area contributed by atoms with E-state index in [9.17, 15) is 23.5 Å². The zero-order chi connectivity index (χ0) is 23.7. The van der Waals surface area contributed by atoms with E-state index in [1.165, 1.54) is 19.1 Å². The van der Waals surface area contributed by atoms with Gasteiger partial charge in [0, 0.05) is 48.9 Å².